The van der Waals surface area contributed by atoms with Crippen LogP contribution in [-0.4, -0.2) is 36.3 Å². The zero-order valence-corrected chi connectivity index (χ0v) is 11.1. The van der Waals surface area contributed by atoms with E-state index in [1.165, 1.54) is 0 Å². The zero-order chi connectivity index (χ0) is 12.8. The van der Waals surface area contributed by atoms with Crippen LogP contribution in [0.2, 0.25) is 0 Å². The van der Waals surface area contributed by atoms with E-state index in [0.717, 1.165) is 44.0 Å². The molecule has 2 heterocycles. The Bertz CT molecular complexity index is 378. The van der Waals surface area contributed by atoms with Gasteiger partial charge in [0.2, 0.25) is 5.88 Å². The smallest absolute Gasteiger partial charge is 0.221 e. The predicted octanol–water partition coefficient (Wildman–Crippen LogP) is 1.89. The summed E-state index contributed by atoms with van der Waals surface area (Å²) in [4.78, 5) is 8.49. The van der Waals surface area contributed by atoms with Gasteiger partial charge in [-0.1, -0.05) is 6.92 Å². The lowest BCUT2D eigenvalue weighted by molar-refractivity contribution is 0.165. The van der Waals surface area contributed by atoms with Crippen LogP contribution in [0.25, 0.3) is 0 Å². The fraction of sp³-hybridized carbons (Fsp3) is 0.692. The lowest BCUT2D eigenvalue weighted by Crippen LogP contribution is -2.14. The van der Waals surface area contributed by atoms with E-state index in [9.17, 15) is 0 Å². The lowest BCUT2D eigenvalue weighted by atomic mass is 10.1. The SMILES string of the molecule is CCNc1ncnc(OCC2CCOC2)c1CC. The van der Waals surface area contributed by atoms with Crippen LogP contribution in [0.5, 0.6) is 5.88 Å². The normalized spacial score (nSPS) is 18.9. The highest BCUT2D eigenvalue weighted by atomic mass is 16.5. The quantitative estimate of drug-likeness (QED) is 0.836. The summed E-state index contributed by atoms with van der Waals surface area (Å²) in [5.41, 5.74) is 1.05. The molecule has 2 rings (SSSR count). The number of anilines is 1. The Morgan fingerprint density at radius 1 is 1.44 bits per heavy atom. The molecule has 1 N–H and O–H groups in total. The molecule has 1 aromatic rings. The first-order valence-corrected chi connectivity index (χ1v) is 6.63. The Labute approximate surface area is 108 Å². The Morgan fingerprint density at radius 3 is 3.00 bits per heavy atom. The van der Waals surface area contributed by atoms with Crippen LogP contribution in [0.15, 0.2) is 6.33 Å². The molecule has 0 saturated carbocycles. The van der Waals surface area contributed by atoms with Crippen LogP contribution in [-0.2, 0) is 11.2 Å². The van der Waals surface area contributed by atoms with Crippen LogP contribution in [0.3, 0.4) is 0 Å². The van der Waals surface area contributed by atoms with Gasteiger partial charge in [0, 0.05) is 19.1 Å². The summed E-state index contributed by atoms with van der Waals surface area (Å²) in [6.07, 6.45) is 3.49. The molecule has 1 saturated heterocycles. The minimum absolute atomic E-state index is 0.493. The van der Waals surface area contributed by atoms with Gasteiger partial charge >= 0.3 is 0 Å². The van der Waals surface area contributed by atoms with Gasteiger partial charge in [-0.05, 0) is 19.8 Å². The number of ether oxygens (including phenoxy) is 2. The second-order valence-corrected chi connectivity index (χ2v) is 4.43. The van der Waals surface area contributed by atoms with Crippen molar-refractivity contribution < 1.29 is 9.47 Å². The highest BCUT2D eigenvalue weighted by Crippen LogP contribution is 2.23. The molecule has 1 fully saturated rings. The molecule has 0 spiro atoms. The molecule has 0 aliphatic carbocycles. The second kappa shape index (κ2) is 6.54. The van der Waals surface area contributed by atoms with Crippen LogP contribution in [0.1, 0.15) is 25.8 Å². The fourth-order valence-corrected chi connectivity index (χ4v) is 2.07. The topological polar surface area (TPSA) is 56.3 Å². The summed E-state index contributed by atoms with van der Waals surface area (Å²) in [6.45, 7) is 7.31. The van der Waals surface area contributed by atoms with Crippen molar-refractivity contribution in [1.82, 2.24) is 9.97 Å². The van der Waals surface area contributed by atoms with E-state index in [2.05, 4.69) is 29.1 Å². The van der Waals surface area contributed by atoms with E-state index >= 15 is 0 Å². The predicted molar refractivity (Wildman–Crippen MR) is 70.0 cm³/mol. The number of rotatable bonds is 6. The molecule has 1 aliphatic heterocycles. The molecule has 0 amide bonds. The van der Waals surface area contributed by atoms with Crippen molar-refractivity contribution in [3.05, 3.63) is 11.9 Å². The summed E-state index contributed by atoms with van der Waals surface area (Å²) >= 11 is 0. The van der Waals surface area contributed by atoms with Crippen molar-refractivity contribution in [3.63, 3.8) is 0 Å². The van der Waals surface area contributed by atoms with Crippen LogP contribution >= 0.6 is 0 Å². The molecule has 1 aliphatic rings. The van der Waals surface area contributed by atoms with Crippen molar-refractivity contribution in [1.29, 1.82) is 0 Å². The third-order valence-corrected chi connectivity index (χ3v) is 3.08. The molecule has 5 nitrogen and oxygen atoms in total. The maximum absolute atomic E-state index is 5.83. The van der Waals surface area contributed by atoms with Gasteiger partial charge in [-0.2, -0.15) is 0 Å². The van der Waals surface area contributed by atoms with Crippen LogP contribution < -0.4 is 10.1 Å². The minimum atomic E-state index is 0.493. The van der Waals surface area contributed by atoms with Crippen molar-refractivity contribution >= 4 is 5.82 Å². The van der Waals surface area contributed by atoms with E-state index in [-0.39, 0.29) is 0 Å². The second-order valence-electron chi connectivity index (χ2n) is 4.43. The average molecular weight is 251 g/mol. The standard InChI is InChI=1S/C13H21N3O2/c1-3-11-12(14-4-2)15-9-16-13(11)18-8-10-5-6-17-7-10/h9-10H,3-8H2,1-2H3,(H,14,15,16). The molecule has 100 valence electrons. The number of hydrogen-bond acceptors (Lipinski definition) is 5. The van der Waals surface area contributed by atoms with Crippen molar-refractivity contribution in [2.75, 3.05) is 31.7 Å². The van der Waals surface area contributed by atoms with Crippen molar-refractivity contribution in [3.8, 4) is 5.88 Å². The number of hydrogen-bond donors (Lipinski definition) is 1. The summed E-state index contributed by atoms with van der Waals surface area (Å²) in [6, 6.07) is 0. The Kier molecular flexibility index (Phi) is 4.75. The highest BCUT2D eigenvalue weighted by Gasteiger charge is 2.18. The van der Waals surface area contributed by atoms with Gasteiger partial charge in [0.25, 0.3) is 0 Å². The number of nitrogens with one attached hydrogen (secondary N) is 1. The Morgan fingerprint density at radius 2 is 2.33 bits per heavy atom. The summed E-state index contributed by atoms with van der Waals surface area (Å²) in [5.74, 6) is 2.08. The Balaban J connectivity index is 2.03. The summed E-state index contributed by atoms with van der Waals surface area (Å²) in [7, 11) is 0. The maximum atomic E-state index is 5.83. The molecule has 5 heteroatoms. The monoisotopic (exact) mass is 251 g/mol. The molecule has 1 aromatic heterocycles. The number of aromatic nitrogens is 2. The van der Waals surface area contributed by atoms with Crippen molar-refractivity contribution in [2.24, 2.45) is 5.92 Å². The van der Waals surface area contributed by atoms with Gasteiger partial charge in [-0.25, -0.2) is 9.97 Å². The fourth-order valence-electron chi connectivity index (χ4n) is 2.07. The highest BCUT2D eigenvalue weighted by molar-refractivity contribution is 5.48. The third kappa shape index (κ3) is 3.10. The first-order valence-electron chi connectivity index (χ1n) is 6.63. The molecule has 18 heavy (non-hydrogen) atoms. The van der Waals surface area contributed by atoms with E-state index in [4.69, 9.17) is 9.47 Å². The molecule has 0 radical (unpaired) electrons. The van der Waals surface area contributed by atoms with Crippen molar-refractivity contribution in [2.45, 2.75) is 26.7 Å². The molecular weight excluding hydrogens is 230 g/mol. The zero-order valence-electron chi connectivity index (χ0n) is 11.1. The van der Waals surface area contributed by atoms with E-state index < -0.39 is 0 Å². The van der Waals surface area contributed by atoms with Gasteiger partial charge in [0.1, 0.15) is 12.1 Å². The van der Waals surface area contributed by atoms with E-state index in [1.54, 1.807) is 6.33 Å². The number of nitrogens with zero attached hydrogens (tertiary/aromatic N) is 2. The van der Waals surface area contributed by atoms with Gasteiger partial charge in [-0.15, -0.1) is 0 Å². The molecule has 0 aromatic carbocycles. The third-order valence-electron chi connectivity index (χ3n) is 3.08. The van der Waals surface area contributed by atoms with Gasteiger partial charge in [0.05, 0.1) is 18.8 Å². The molecular formula is C13H21N3O2. The van der Waals surface area contributed by atoms with Crippen LogP contribution in [0.4, 0.5) is 5.82 Å². The minimum Gasteiger partial charge on any atom is -0.477 e. The lowest BCUT2D eigenvalue weighted by Gasteiger charge is -2.14. The van der Waals surface area contributed by atoms with Gasteiger partial charge < -0.3 is 14.8 Å². The van der Waals surface area contributed by atoms with Gasteiger partial charge in [-0.3, -0.25) is 0 Å². The maximum Gasteiger partial charge on any atom is 0.221 e. The molecule has 1 unspecified atom stereocenters. The van der Waals surface area contributed by atoms with Gasteiger partial charge in [0.15, 0.2) is 0 Å². The Hall–Kier alpha value is -1.36. The molecule has 1 atom stereocenters. The summed E-state index contributed by atoms with van der Waals surface area (Å²) in [5, 5.41) is 3.24. The first kappa shape index (κ1) is 13.1. The average Bonchev–Trinajstić information content (AvgIpc) is 2.90. The van der Waals surface area contributed by atoms with E-state index in [1.807, 2.05) is 0 Å². The first-order chi connectivity index (χ1) is 8.85. The van der Waals surface area contributed by atoms with E-state index in [0.29, 0.717) is 18.4 Å². The summed E-state index contributed by atoms with van der Waals surface area (Å²) < 4.78 is 11.2. The largest absolute Gasteiger partial charge is 0.477 e. The molecule has 0 bridgehead atoms. The van der Waals surface area contributed by atoms with Crippen LogP contribution in [0, 0.1) is 5.92 Å².